The molecule has 0 radical (unpaired) electrons. The normalized spacial score (nSPS) is 18.4. The number of rotatable bonds is 7. The molecule has 1 N–H and O–H groups in total. The van der Waals surface area contributed by atoms with Crippen LogP contribution in [-0.4, -0.2) is 41.9 Å². The third kappa shape index (κ3) is 4.13. The van der Waals surface area contributed by atoms with E-state index in [9.17, 15) is 8.42 Å². The van der Waals surface area contributed by atoms with Crippen LogP contribution in [0.25, 0.3) is 0 Å². The molecule has 1 saturated heterocycles. The predicted molar refractivity (Wildman–Crippen MR) is 86.0 cm³/mol. The fourth-order valence-corrected chi connectivity index (χ4v) is 4.43. The Morgan fingerprint density at radius 1 is 1.32 bits per heavy atom. The molecule has 1 aliphatic rings. The average molecular weight is 394 g/mol. The first kappa shape index (κ1) is 17.5. The van der Waals surface area contributed by atoms with Gasteiger partial charge in [-0.05, 0) is 41.3 Å². The zero-order valence-corrected chi connectivity index (χ0v) is 15.0. The first-order chi connectivity index (χ1) is 10.5. The second kappa shape index (κ2) is 7.63. The van der Waals surface area contributed by atoms with Crippen molar-refractivity contribution in [3.05, 3.63) is 16.6 Å². The molecule has 0 amide bonds. The Bertz CT molecular complexity index is 614. The maximum Gasteiger partial charge on any atom is 0.241 e. The molecule has 8 heteroatoms. The third-order valence-electron chi connectivity index (χ3n) is 3.51. The van der Waals surface area contributed by atoms with Gasteiger partial charge in [0.15, 0.2) is 11.5 Å². The van der Waals surface area contributed by atoms with Crippen LogP contribution in [0.3, 0.4) is 0 Å². The molecule has 1 aliphatic heterocycles. The molecule has 0 saturated carbocycles. The topological polar surface area (TPSA) is 73.9 Å². The van der Waals surface area contributed by atoms with Crippen LogP contribution >= 0.6 is 15.9 Å². The lowest BCUT2D eigenvalue weighted by Gasteiger charge is -2.14. The largest absolute Gasteiger partial charge is 0.493 e. The molecule has 1 heterocycles. The number of nitrogens with one attached hydrogen (secondary N) is 1. The van der Waals surface area contributed by atoms with Crippen molar-refractivity contribution in [2.24, 2.45) is 0 Å². The van der Waals surface area contributed by atoms with Gasteiger partial charge in [-0.3, -0.25) is 0 Å². The molecule has 1 aromatic carbocycles. The summed E-state index contributed by atoms with van der Waals surface area (Å²) < 4.78 is 43.6. The maximum atomic E-state index is 12.4. The van der Waals surface area contributed by atoms with Crippen LogP contribution in [0.15, 0.2) is 21.5 Å². The summed E-state index contributed by atoms with van der Waals surface area (Å²) in [6, 6.07) is 3.02. The lowest BCUT2D eigenvalue weighted by Crippen LogP contribution is -2.27. The molecule has 6 nitrogen and oxygen atoms in total. The lowest BCUT2D eigenvalue weighted by molar-refractivity contribution is 0.105. The van der Waals surface area contributed by atoms with E-state index in [1.54, 1.807) is 6.07 Å². The summed E-state index contributed by atoms with van der Waals surface area (Å²) in [4.78, 5) is 0.123. The van der Waals surface area contributed by atoms with Gasteiger partial charge in [0, 0.05) is 23.7 Å². The van der Waals surface area contributed by atoms with Crippen molar-refractivity contribution in [1.29, 1.82) is 0 Å². The molecular formula is C14H20BrNO5S. The van der Waals surface area contributed by atoms with Crippen molar-refractivity contribution in [3.8, 4) is 11.5 Å². The third-order valence-corrected chi connectivity index (χ3v) is 5.93. The molecule has 1 aromatic rings. The Kier molecular flexibility index (Phi) is 6.08. The Labute approximate surface area is 139 Å². The Morgan fingerprint density at radius 2 is 2.00 bits per heavy atom. The number of ether oxygens (including phenoxy) is 3. The van der Waals surface area contributed by atoms with Gasteiger partial charge in [0.05, 0.1) is 20.3 Å². The minimum atomic E-state index is -3.63. The minimum Gasteiger partial charge on any atom is -0.493 e. The number of halogens is 1. The molecule has 0 aromatic heterocycles. The van der Waals surface area contributed by atoms with Crippen LogP contribution in [0.2, 0.25) is 0 Å². The van der Waals surface area contributed by atoms with Crippen LogP contribution in [0.1, 0.15) is 19.3 Å². The highest BCUT2D eigenvalue weighted by molar-refractivity contribution is 9.10. The lowest BCUT2D eigenvalue weighted by atomic mass is 10.2. The van der Waals surface area contributed by atoms with Crippen LogP contribution in [0.4, 0.5) is 0 Å². The summed E-state index contributed by atoms with van der Waals surface area (Å²) >= 11 is 3.27. The van der Waals surface area contributed by atoms with Gasteiger partial charge < -0.3 is 14.2 Å². The van der Waals surface area contributed by atoms with E-state index in [1.165, 1.54) is 20.3 Å². The van der Waals surface area contributed by atoms with E-state index >= 15 is 0 Å². The van der Waals surface area contributed by atoms with Crippen LogP contribution in [-0.2, 0) is 14.8 Å². The second-order valence-electron chi connectivity index (χ2n) is 4.96. The summed E-state index contributed by atoms with van der Waals surface area (Å²) in [5.74, 6) is 0.831. The fraction of sp³-hybridized carbons (Fsp3) is 0.571. The van der Waals surface area contributed by atoms with E-state index in [-0.39, 0.29) is 11.0 Å². The maximum absolute atomic E-state index is 12.4. The molecule has 124 valence electrons. The van der Waals surface area contributed by atoms with Crippen LogP contribution in [0, 0.1) is 0 Å². The van der Waals surface area contributed by atoms with Crippen molar-refractivity contribution in [1.82, 2.24) is 4.72 Å². The minimum absolute atomic E-state index is 0.123. The standard InChI is InChI=1S/C14H20BrNO5S/c1-19-12-8-11(15)14(9-13(12)20-2)22(17,18)16-6-5-10-4-3-7-21-10/h8-10,16H,3-7H2,1-2H3. The first-order valence-electron chi connectivity index (χ1n) is 7.00. The summed E-state index contributed by atoms with van der Waals surface area (Å²) in [5.41, 5.74) is 0. The molecule has 2 rings (SSSR count). The summed E-state index contributed by atoms with van der Waals surface area (Å²) in [6.07, 6.45) is 2.85. The van der Waals surface area contributed by atoms with Crippen molar-refractivity contribution in [2.45, 2.75) is 30.3 Å². The Hall–Kier alpha value is -0.830. The first-order valence-corrected chi connectivity index (χ1v) is 9.28. The molecule has 1 atom stereocenters. The van der Waals surface area contributed by atoms with Gasteiger partial charge in [-0.15, -0.1) is 0 Å². The van der Waals surface area contributed by atoms with Gasteiger partial charge in [0.2, 0.25) is 10.0 Å². The van der Waals surface area contributed by atoms with E-state index in [0.717, 1.165) is 19.4 Å². The number of methoxy groups -OCH3 is 2. The van der Waals surface area contributed by atoms with Gasteiger partial charge in [-0.25, -0.2) is 13.1 Å². The number of hydrogen-bond acceptors (Lipinski definition) is 5. The Morgan fingerprint density at radius 3 is 2.59 bits per heavy atom. The molecule has 22 heavy (non-hydrogen) atoms. The van der Waals surface area contributed by atoms with Gasteiger partial charge in [0.1, 0.15) is 4.90 Å². The summed E-state index contributed by atoms with van der Waals surface area (Å²) in [6.45, 7) is 1.10. The highest BCUT2D eigenvalue weighted by Gasteiger charge is 2.22. The molecule has 0 aliphatic carbocycles. The molecule has 1 fully saturated rings. The second-order valence-corrected chi connectivity index (χ2v) is 7.55. The van der Waals surface area contributed by atoms with E-state index in [2.05, 4.69) is 20.7 Å². The number of benzene rings is 1. The van der Waals surface area contributed by atoms with Gasteiger partial charge in [-0.1, -0.05) is 0 Å². The summed E-state index contributed by atoms with van der Waals surface area (Å²) in [7, 11) is -0.665. The van der Waals surface area contributed by atoms with Crippen molar-refractivity contribution < 1.29 is 22.6 Å². The van der Waals surface area contributed by atoms with E-state index in [1.807, 2.05) is 0 Å². The van der Waals surface area contributed by atoms with Crippen molar-refractivity contribution >= 4 is 26.0 Å². The van der Waals surface area contributed by atoms with E-state index in [0.29, 0.717) is 28.9 Å². The smallest absolute Gasteiger partial charge is 0.241 e. The van der Waals surface area contributed by atoms with E-state index < -0.39 is 10.0 Å². The quantitative estimate of drug-likeness (QED) is 0.769. The fourth-order valence-electron chi connectivity index (χ4n) is 2.35. The van der Waals surface area contributed by atoms with Gasteiger partial charge >= 0.3 is 0 Å². The molecular weight excluding hydrogens is 374 g/mol. The Balaban J connectivity index is 2.10. The van der Waals surface area contributed by atoms with Crippen LogP contribution in [0.5, 0.6) is 11.5 Å². The van der Waals surface area contributed by atoms with E-state index in [4.69, 9.17) is 14.2 Å². The predicted octanol–water partition coefficient (Wildman–Crippen LogP) is 2.31. The zero-order valence-electron chi connectivity index (χ0n) is 12.6. The molecule has 0 spiro atoms. The van der Waals surface area contributed by atoms with Crippen LogP contribution < -0.4 is 14.2 Å². The summed E-state index contributed by atoms with van der Waals surface area (Å²) in [5, 5.41) is 0. The molecule has 1 unspecified atom stereocenters. The highest BCUT2D eigenvalue weighted by Crippen LogP contribution is 2.35. The average Bonchev–Trinajstić information content (AvgIpc) is 2.99. The highest BCUT2D eigenvalue weighted by atomic mass is 79.9. The monoisotopic (exact) mass is 393 g/mol. The zero-order chi connectivity index (χ0) is 16.2. The number of sulfonamides is 1. The SMILES string of the molecule is COc1cc(Br)c(S(=O)(=O)NCCC2CCCO2)cc1OC. The van der Waals surface area contributed by atoms with Gasteiger partial charge in [0.25, 0.3) is 0 Å². The van der Waals surface area contributed by atoms with Crippen molar-refractivity contribution in [3.63, 3.8) is 0 Å². The van der Waals surface area contributed by atoms with Gasteiger partial charge in [-0.2, -0.15) is 0 Å². The number of hydrogen-bond donors (Lipinski definition) is 1. The molecule has 0 bridgehead atoms. The van der Waals surface area contributed by atoms with Crippen molar-refractivity contribution in [2.75, 3.05) is 27.4 Å².